The molecule has 0 bridgehead atoms. The Morgan fingerprint density at radius 3 is 2.81 bits per heavy atom. The number of aromatic nitrogens is 2. The van der Waals surface area contributed by atoms with Crippen LogP contribution in [-0.2, 0) is 17.5 Å². The highest BCUT2D eigenvalue weighted by Gasteiger charge is 2.30. The van der Waals surface area contributed by atoms with E-state index in [1.54, 1.807) is 20.1 Å². The first kappa shape index (κ1) is 15.7. The first-order chi connectivity index (χ1) is 9.90. The molecule has 0 amide bonds. The Kier molecular flexibility index (Phi) is 4.79. The Labute approximate surface area is 124 Å². The number of alkyl halides is 3. The van der Waals surface area contributed by atoms with Crippen molar-refractivity contribution >= 4 is 16.7 Å². The van der Waals surface area contributed by atoms with Crippen LogP contribution in [0.1, 0.15) is 29.9 Å². The summed E-state index contributed by atoms with van der Waals surface area (Å²) in [6.45, 7) is 2.07. The van der Waals surface area contributed by atoms with Crippen LogP contribution in [0.25, 0.3) is 0 Å². The van der Waals surface area contributed by atoms with Crippen molar-refractivity contribution < 1.29 is 17.9 Å². The lowest BCUT2D eigenvalue weighted by molar-refractivity contribution is -0.137. The molecule has 8 heteroatoms. The van der Waals surface area contributed by atoms with Crippen LogP contribution in [-0.4, -0.2) is 16.5 Å². The Bertz CT molecular complexity index is 600. The van der Waals surface area contributed by atoms with Crippen LogP contribution in [0, 0.1) is 0 Å². The molecule has 0 aliphatic carbocycles. The highest BCUT2D eigenvalue weighted by molar-refractivity contribution is 7.09. The maximum atomic E-state index is 12.7. The number of rotatable bonds is 5. The molecule has 0 aliphatic rings. The number of nitrogens with zero attached hydrogens (tertiary/aromatic N) is 2. The van der Waals surface area contributed by atoms with E-state index < -0.39 is 11.7 Å². The minimum absolute atomic E-state index is 0.302. The zero-order valence-electron chi connectivity index (χ0n) is 11.4. The molecule has 21 heavy (non-hydrogen) atoms. The molecule has 114 valence electrons. The molecule has 0 spiro atoms. The van der Waals surface area contributed by atoms with E-state index in [1.165, 1.54) is 6.07 Å². The molecular formula is C13H14F3N3OS. The summed E-state index contributed by atoms with van der Waals surface area (Å²) in [7, 11) is 1.54. The van der Waals surface area contributed by atoms with Crippen LogP contribution in [0.15, 0.2) is 24.3 Å². The minimum Gasteiger partial charge on any atom is -0.377 e. The number of hydrogen-bond donors (Lipinski definition) is 1. The fourth-order valence-electron chi connectivity index (χ4n) is 1.75. The van der Waals surface area contributed by atoms with E-state index in [0.29, 0.717) is 23.1 Å². The molecule has 1 heterocycles. The van der Waals surface area contributed by atoms with Crippen molar-refractivity contribution in [1.29, 1.82) is 0 Å². The Balaban J connectivity index is 2.10. The van der Waals surface area contributed by atoms with E-state index in [0.717, 1.165) is 23.7 Å². The van der Waals surface area contributed by atoms with Gasteiger partial charge in [-0.1, -0.05) is 12.1 Å². The molecule has 2 aromatic rings. The second-order valence-electron chi connectivity index (χ2n) is 4.44. The van der Waals surface area contributed by atoms with Crippen LogP contribution < -0.4 is 5.32 Å². The highest BCUT2D eigenvalue weighted by atomic mass is 32.1. The Hall–Kier alpha value is -1.67. The Morgan fingerprint density at radius 2 is 2.14 bits per heavy atom. The second kappa shape index (κ2) is 6.40. The maximum absolute atomic E-state index is 12.7. The maximum Gasteiger partial charge on any atom is 0.416 e. The van der Waals surface area contributed by atoms with Crippen molar-refractivity contribution in [2.24, 2.45) is 0 Å². The highest BCUT2D eigenvalue weighted by Crippen LogP contribution is 2.31. The molecule has 4 nitrogen and oxygen atoms in total. The molecule has 1 atom stereocenters. The summed E-state index contributed by atoms with van der Waals surface area (Å²) in [5, 5.41) is 3.59. The van der Waals surface area contributed by atoms with Gasteiger partial charge in [-0.15, -0.1) is 0 Å². The summed E-state index contributed by atoms with van der Waals surface area (Å²) in [6.07, 6.45) is -4.34. The van der Waals surface area contributed by atoms with Crippen molar-refractivity contribution in [3.63, 3.8) is 0 Å². The topological polar surface area (TPSA) is 47.0 Å². The monoisotopic (exact) mass is 317 g/mol. The predicted octanol–water partition coefficient (Wildman–Crippen LogP) is 3.88. The third-order valence-electron chi connectivity index (χ3n) is 2.80. The third kappa shape index (κ3) is 4.15. The van der Waals surface area contributed by atoms with Crippen LogP contribution >= 0.6 is 11.5 Å². The van der Waals surface area contributed by atoms with Gasteiger partial charge in [-0.2, -0.15) is 17.5 Å². The Morgan fingerprint density at radius 1 is 1.38 bits per heavy atom. The van der Waals surface area contributed by atoms with E-state index in [4.69, 9.17) is 4.74 Å². The molecular weight excluding hydrogens is 303 g/mol. The van der Waals surface area contributed by atoms with Gasteiger partial charge >= 0.3 is 6.18 Å². The van der Waals surface area contributed by atoms with Gasteiger partial charge in [-0.05, 0) is 24.6 Å². The molecule has 0 aliphatic heterocycles. The quantitative estimate of drug-likeness (QED) is 0.909. The number of halogens is 3. The standard InChI is InChI=1S/C13H14F3N3OS/c1-8(17-12-18-11(7-20-2)19-21-12)9-4-3-5-10(6-9)13(14,15)16/h3-6,8H,7H2,1-2H3,(H,17,18,19). The van der Waals surface area contributed by atoms with E-state index in [1.807, 2.05) is 0 Å². The van der Waals surface area contributed by atoms with Crippen molar-refractivity contribution in [2.45, 2.75) is 25.7 Å². The first-order valence-corrected chi connectivity index (χ1v) is 6.92. The molecule has 2 rings (SSSR count). The summed E-state index contributed by atoms with van der Waals surface area (Å²) in [4.78, 5) is 4.19. The molecule has 1 aromatic heterocycles. The lowest BCUT2D eigenvalue weighted by Gasteiger charge is -2.15. The molecule has 0 saturated heterocycles. The summed E-state index contributed by atoms with van der Waals surface area (Å²) in [5.41, 5.74) is -0.126. The first-order valence-electron chi connectivity index (χ1n) is 6.15. The average molecular weight is 317 g/mol. The molecule has 1 aromatic carbocycles. The third-order valence-corrected chi connectivity index (χ3v) is 3.48. The fraction of sp³-hybridized carbons (Fsp3) is 0.385. The zero-order chi connectivity index (χ0) is 15.5. The molecule has 0 fully saturated rings. The predicted molar refractivity (Wildman–Crippen MR) is 74.1 cm³/mol. The van der Waals surface area contributed by atoms with Gasteiger partial charge in [0.25, 0.3) is 0 Å². The summed E-state index contributed by atoms with van der Waals surface area (Å²) < 4.78 is 47.1. The van der Waals surface area contributed by atoms with Crippen LogP contribution in [0.2, 0.25) is 0 Å². The normalized spacial score (nSPS) is 13.2. The fourth-order valence-corrected chi connectivity index (χ4v) is 2.41. The number of methoxy groups -OCH3 is 1. The molecule has 0 saturated carbocycles. The largest absolute Gasteiger partial charge is 0.416 e. The van der Waals surface area contributed by atoms with Crippen molar-refractivity contribution in [3.05, 3.63) is 41.2 Å². The van der Waals surface area contributed by atoms with Gasteiger partial charge in [0.2, 0.25) is 5.13 Å². The number of nitrogens with one attached hydrogen (secondary N) is 1. The number of benzene rings is 1. The smallest absolute Gasteiger partial charge is 0.377 e. The summed E-state index contributed by atoms with van der Waals surface area (Å²) >= 11 is 1.15. The van der Waals surface area contributed by atoms with Crippen molar-refractivity contribution in [2.75, 3.05) is 12.4 Å². The van der Waals surface area contributed by atoms with Crippen LogP contribution in [0.4, 0.5) is 18.3 Å². The van der Waals surface area contributed by atoms with Crippen LogP contribution in [0.5, 0.6) is 0 Å². The lowest BCUT2D eigenvalue weighted by atomic mass is 10.1. The van der Waals surface area contributed by atoms with Crippen LogP contribution in [0.3, 0.4) is 0 Å². The molecule has 1 unspecified atom stereocenters. The van der Waals surface area contributed by atoms with E-state index in [9.17, 15) is 13.2 Å². The van der Waals surface area contributed by atoms with Crippen molar-refractivity contribution in [1.82, 2.24) is 9.36 Å². The van der Waals surface area contributed by atoms with Gasteiger partial charge < -0.3 is 10.1 Å². The van der Waals surface area contributed by atoms with Gasteiger partial charge in [0.05, 0.1) is 11.6 Å². The SMILES string of the molecule is COCc1nsc(NC(C)c2cccc(C(F)(F)F)c2)n1. The second-order valence-corrected chi connectivity index (χ2v) is 5.19. The minimum atomic E-state index is -4.34. The molecule has 1 N–H and O–H groups in total. The van der Waals surface area contributed by atoms with E-state index in [-0.39, 0.29) is 6.04 Å². The van der Waals surface area contributed by atoms with Gasteiger partial charge in [-0.3, -0.25) is 0 Å². The number of ether oxygens (including phenoxy) is 1. The van der Waals surface area contributed by atoms with E-state index >= 15 is 0 Å². The van der Waals surface area contributed by atoms with Gasteiger partial charge in [0.1, 0.15) is 6.61 Å². The summed E-state index contributed by atoms with van der Waals surface area (Å²) in [6, 6.07) is 4.92. The number of anilines is 1. The zero-order valence-corrected chi connectivity index (χ0v) is 12.3. The lowest BCUT2D eigenvalue weighted by Crippen LogP contribution is -2.10. The van der Waals surface area contributed by atoms with Gasteiger partial charge in [-0.25, -0.2) is 4.98 Å². The average Bonchev–Trinajstić information content (AvgIpc) is 2.86. The van der Waals surface area contributed by atoms with Gasteiger partial charge in [0.15, 0.2) is 5.82 Å². The van der Waals surface area contributed by atoms with Crippen molar-refractivity contribution in [3.8, 4) is 0 Å². The van der Waals surface area contributed by atoms with Gasteiger partial charge in [0, 0.05) is 18.6 Å². The summed E-state index contributed by atoms with van der Waals surface area (Å²) in [5.74, 6) is 0.543. The molecule has 0 radical (unpaired) electrons. The number of hydrogen-bond acceptors (Lipinski definition) is 5. The van der Waals surface area contributed by atoms with E-state index in [2.05, 4.69) is 14.7 Å².